The van der Waals surface area contributed by atoms with Gasteiger partial charge < -0.3 is 17.1 Å². The summed E-state index contributed by atoms with van der Waals surface area (Å²) in [6.45, 7) is 9.34. The van der Waals surface area contributed by atoms with Crippen molar-refractivity contribution >= 4 is 17.6 Å². The first-order valence-electron chi connectivity index (χ1n) is 10.8. The fourth-order valence-corrected chi connectivity index (χ4v) is 5.29. The van der Waals surface area contributed by atoms with Crippen molar-refractivity contribution in [2.45, 2.75) is 44.7 Å². The number of nitrogens with zero attached hydrogens (tertiary/aromatic N) is 2. The van der Waals surface area contributed by atoms with Crippen molar-refractivity contribution in [1.29, 1.82) is 0 Å². The third-order valence-corrected chi connectivity index (χ3v) is 7.60. The summed E-state index contributed by atoms with van der Waals surface area (Å²) in [5.41, 5.74) is 4.10. The summed E-state index contributed by atoms with van der Waals surface area (Å²) in [5.74, 6) is 0.188. The summed E-state index contributed by atoms with van der Waals surface area (Å²) < 4.78 is 6.16. The number of quaternary nitrogens is 1. The quantitative estimate of drug-likeness (QED) is 0.513. The van der Waals surface area contributed by atoms with E-state index in [4.69, 9.17) is 16.3 Å². The summed E-state index contributed by atoms with van der Waals surface area (Å²) in [6.07, 6.45) is 1.07. The second-order valence-electron chi connectivity index (χ2n) is 9.66. The Morgan fingerprint density at radius 2 is 1.90 bits per heavy atom. The molecule has 1 aliphatic carbocycles. The molecule has 0 amide bonds. The van der Waals surface area contributed by atoms with E-state index >= 15 is 0 Å². The molecule has 0 bridgehead atoms. The van der Waals surface area contributed by atoms with Crippen LogP contribution in [0.25, 0.3) is 0 Å². The standard InChI is InChI=1S/C25H32ClN2O2.ClH/c1-18(29)30-17-28(4)13-12-27(16-25(28,2)3)24-15-22(19-8-6-5-7-9-19)21-11-10-20(26)14-23(21)24;/h5-11,14,22,24H,12-13,15-17H2,1-4H3;1H/q+1;/p-1/t22-,24+,28-;/m0./s1. The molecular formula is C25H32Cl2N2O2. The number of hydrogen-bond acceptors (Lipinski definition) is 3. The molecule has 2 aromatic rings. The highest BCUT2D eigenvalue weighted by molar-refractivity contribution is 6.30. The molecule has 1 heterocycles. The Labute approximate surface area is 197 Å². The number of hydrogen-bond donors (Lipinski definition) is 0. The summed E-state index contributed by atoms with van der Waals surface area (Å²) in [5, 5.41) is 0.805. The molecule has 0 radical (unpaired) electrons. The fourth-order valence-electron chi connectivity index (χ4n) is 5.11. The third kappa shape index (κ3) is 4.63. The number of esters is 1. The number of piperazine rings is 1. The van der Waals surface area contributed by atoms with Crippen LogP contribution in [0, 0.1) is 0 Å². The molecule has 1 fully saturated rings. The van der Waals surface area contributed by atoms with Crippen LogP contribution >= 0.6 is 11.6 Å². The largest absolute Gasteiger partial charge is 1.00 e. The smallest absolute Gasteiger partial charge is 0.306 e. The average molecular weight is 463 g/mol. The zero-order valence-electron chi connectivity index (χ0n) is 18.8. The first-order chi connectivity index (χ1) is 14.2. The zero-order chi connectivity index (χ0) is 21.5. The van der Waals surface area contributed by atoms with E-state index in [1.165, 1.54) is 23.6 Å². The predicted molar refractivity (Wildman–Crippen MR) is 120 cm³/mol. The molecule has 1 saturated heterocycles. The first-order valence-corrected chi connectivity index (χ1v) is 11.1. The molecule has 2 aromatic carbocycles. The molecule has 2 aliphatic rings. The lowest BCUT2D eigenvalue weighted by molar-refractivity contribution is -0.974. The lowest BCUT2D eigenvalue weighted by atomic mass is 9.92. The van der Waals surface area contributed by atoms with Gasteiger partial charge in [0.05, 0.1) is 20.1 Å². The van der Waals surface area contributed by atoms with E-state index < -0.39 is 0 Å². The maximum Gasteiger partial charge on any atom is 0.306 e. The van der Waals surface area contributed by atoms with Gasteiger partial charge in [0.1, 0.15) is 5.54 Å². The minimum Gasteiger partial charge on any atom is -1.00 e. The number of fused-ring (bicyclic) bond motifs is 1. The highest BCUT2D eigenvalue weighted by Crippen LogP contribution is 2.48. The van der Waals surface area contributed by atoms with Crippen molar-refractivity contribution in [1.82, 2.24) is 4.90 Å². The molecule has 168 valence electrons. The van der Waals surface area contributed by atoms with Crippen molar-refractivity contribution in [3.05, 3.63) is 70.2 Å². The summed E-state index contributed by atoms with van der Waals surface area (Å²) in [7, 11) is 2.20. The number of carbonyl (C=O) groups excluding carboxylic acids is 1. The molecular weight excluding hydrogens is 431 g/mol. The summed E-state index contributed by atoms with van der Waals surface area (Å²) in [6, 6.07) is 17.5. The number of halogens is 2. The Hall–Kier alpha value is -1.59. The van der Waals surface area contributed by atoms with Crippen molar-refractivity contribution in [3.8, 4) is 0 Å². The highest BCUT2D eigenvalue weighted by atomic mass is 35.5. The van der Waals surface area contributed by atoms with Gasteiger partial charge in [-0.2, -0.15) is 0 Å². The van der Waals surface area contributed by atoms with Crippen molar-refractivity contribution in [2.75, 3.05) is 33.4 Å². The molecule has 6 heteroatoms. The highest BCUT2D eigenvalue weighted by Gasteiger charge is 2.49. The number of benzene rings is 2. The van der Waals surface area contributed by atoms with Gasteiger partial charge >= 0.3 is 5.97 Å². The van der Waals surface area contributed by atoms with Crippen molar-refractivity contribution in [3.63, 3.8) is 0 Å². The molecule has 0 aromatic heterocycles. The molecule has 31 heavy (non-hydrogen) atoms. The van der Waals surface area contributed by atoms with Gasteiger partial charge in [-0.25, -0.2) is 0 Å². The van der Waals surface area contributed by atoms with E-state index in [2.05, 4.69) is 68.3 Å². The van der Waals surface area contributed by atoms with Gasteiger partial charge in [0.2, 0.25) is 6.73 Å². The van der Waals surface area contributed by atoms with Crippen LogP contribution < -0.4 is 12.4 Å². The monoisotopic (exact) mass is 462 g/mol. The minimum absolute atomic E-state index is 0. The van der Waals surface area contributed by atoms with Gasteiger partial charge in [-0.1, -0.05) is 48.0 Å². The number of carbonyl (C=O) groups is 1. The second-order valence-corrected chi connectivity index (χ2v) is 10.1. The molecule has 4 rings (SSSR count). The van der Waals surface area contributed by atoms with Gasteiger partial charge in [0.25, 0.3) is 0 Å². The van der Waals surface area contributed by atoms with Gasteiger partial charge in [-0.3, -0.25) is 14.2 Å². The molecule has 0 unspecified atom stereocenters. The number of likely N-dealkylation sites (N-methyl/N-ethyl adjacent to an activating group) is 1. The predicted octanol–water partition coefficient (Wildman–Crippen LogP) is 1.98. The topological polar surface area (TPSA) is 29.5 Å². The lowest BCUT2D eigenvalue weighted by Gasteiger charge is -2.53. The van der Waals surface area contributed by atoms with E-state index in [0.717, 1.165) is 35.6 Å². The van der Waals surface area contributed by atoms with Gasteiger partial charge in [0, 0.05) is 30.5 Å². The average Bonchev–Trinajstić information content (AvgIpc) is 3.08. The van der Waals surface area contributed by atoms with E-state index in [1.54, 1.807) is 0 Å². The Kier molecular flexibility index (Phi) is 7.07. The first kappa shape index (κ1) is 24.1. The maximum atomic E-state index is 11.4. The van der Waals surface area contributed by atoms with Crippen LogP contribution in [0.15, 0.2) is 48.5 Å². The SMILES string of the molecule is CC(=O)OC[N@+]1(C)CCN([C@@H]2C[C@@H](c3ccccc3)c3ccc(Cl)cc32)CC1(C)C.[Cl-]. The lowest BCUT2D eigenvalue weighted by Crippen LogP contribution is -3.00. The van der Waals surface area contributed by atoms with Crippen LogP contribution in [0.4, 0.5) is 0 Å². The molecule has 0 saturated carbocycles. The number of ether oxygens (including phenoxy) is 1. The number of rotatable bonds is 4. The summed E-state index contributed by atoms with van der Waals surface area (Å²) >= 11 is 6.42. The van der Waals surface area contributed by atoms with Gasteiger partial charge in [0.15, 0.2) is 0 Å². The van der Waals surface area contributed by atoms with E-state index in [1.807, 2.05) is 6.07 Å². The molecule has 0 N–H and O–H groups in total. The third-order valence-electron chi connectivity index (χ3n) is 7.37. The maximum absolute atomic E-state index is 11.4. The van der Waals surface area contributed by atoms with Crippen LogP contribution in [0.3, 0.4) is 0 Å². The molecule has 4 nitrogen and oxygen atoms in total. The van der Waals surface area contributed by atoms with Gasteiger partial charge in [-0.15, -0.1) is 0 Å². The Morgan fingerprint density at radius 1 is 1.19 bits per heavy atom. The van der Waals surface area contributed by atoms with Crippen LogP contribution in [0.1, 0.15) is 55.8 Å². The Bertz CT molecular complexity index is 934. The van der Waals surface area contributed by atoms with E-state index in [-0.39, 0.29) is 23.9 Å². The van der Waals surface area contributed by atoms with Crippen LogP contribution in [0.5, 0.6) is 0 Å². The van der Waals surface area contributed by atoms with E-state index in [9.17, 15) is 4.79 Å². The zero-order valence-corrected chi connectivity index (χ0v) is 20.3. The van der Waals surface area contributed by atoms with Gasteiger partial charge in [-0.05, 0) is 49.1 Å². The van der Waals surface area contributed by atoms with Crippen LogP contribution in [-0.4, -0.2) is 54.3 Å². The minimum atomic E-state index is -0.211. The normalized spacial score (nSPS) is 27.3. The Morgan fingerprint density at radius 3 is 2.55 bits per heavy atom. The molecule has 0 spiro atoms. The molecule has 1 aliphatic heterocycles. The second kappa shape index (κ2) is 9.11. The van der Waals surface area contributed by atoms with Crippen LogP contribution in [-0.2, 0) is 9.53 Å². The summed E-state index contributed by atoms with van der Waals surface area (Å²) in [4.78, 5) is 14.0. The Balaban J connectivity index is 0.00000272. The fraction of sp³-hybridized carbons (Fsp3) is 0.480. The van der Waals surface area contributed by atoms with Crippen LogP contribution in [0.2, 0.25) is 5.02 Å². The molecule has 3 atom stereocenters. The van der Waals surface area contributed by atoms with Crippen molar-refractivity contribution < 1.29 is 26.4 Å². The van der Waals surface area contributed by atoms with Crippen molar-refractivity contribution in [2.24, 2.45) is 0 Å². The van der Waals surface area contributed by atoms with E-state index in [0.29, 0.717) is 18.7 Å².